The molecule has 0 unspecified atom stereocenters. The van der Waals surface area contributed by atoms with Gasteiger partial charge in [0, 0.05) is 16.6 Å². The van der Waals surface area contributed by atoms with Gasteiger partial charge < -0.3 is 4.42 Å². The summed E-state index contributed by atoms with van der Waals surface area (Å²) in [5, 5.41) is 0. The maximum atomic E-state index is 11.3. The summed E-state index contributed by atoms with van der Waals surface area (Å²) in [6.45, 7) is 0. The lowest BCUT2D eigenvalue weighted by molar-refractivity contribution is 0.533. The van der Waals surface area contributed by atoms with Gasteiger partial charge in [0.25, 0.3) is 9.05 Å². The minimum atomic E-state index is -3.77. The fourth-order valence-corrected chi connectivity index (χ4v) is 2.63. The molecule has 0 N–H and O–H groups in total. The van der Waals surface area contributed by atoms with Crippen LogP contribution in [0.3, 0.4) is 0 Å². The van der Waals surface area contributed by atoms with Crippen LogP contribution >= 0.6 is 10.7 Å². The highest BCUT2D eigenvalue weighted by Crippen LogP contribution is 2.41. The summed E-state index contributed by atoms with van der Waals surface area (Å²) in [7, 11) is 1.56. The van der Waals surface area contributed by atoms with Gasteiger partial charge in [0.15, 0.2) is 11.5 Å². The number of aromatic nitrogens is 1. The third kappa shape index (κ3) is 1.60. The number of nitrogens with zero attached hydrogens (tertiary/aromatic N) is 1. The van der Waals surface area contributed by atoms with Crippen LogP contribution in [0.1, 0.15) is 24.7 Å². The van der Waals surface area contributed by atoms with E-state index in [0.29, 0.717) is 22.9 Å². The molecule has 1 saturated carbocycles. The van der Waals surface area contributed by atoms with Gasteiger partial charge in [0.1, 0.15) is 10.4 Å². The van der Waals surface area contributed by atoms with Crippen molar-refractivity contribution < 1.29 is 12.8 Å². The third-order valence-electron chi connectivity index (χ3n) is 2.59. The molecule has 0 radical (unpaired) electrons. The molecule has 0 saturated heterocycles. The second-order valence-corrected chi connectivity index (χ2v) is 6.40. The van der Waals surface area contributed by atoms with Crippen molar-refractivity contribution in [2.24, 2.45) is 0 Å². The molecule has 16 heavy (non-hydrogen) atoms. The van der Waals surface area contributed by atoms with Crippen molar-refractivity contribution >= 4 is 30.8 Å². The first kappa shape index (κ1) is 10.1. The van der Waals surface area contributed by atoms with E-state index in [9.17, 15) is 8.42 Å². The molecular formula is C10H8ClNO3S. The van der Waals surface area contributed by atoms with E-state index in [1.54, 1.807) is 12.1 Å². The summed E-state index contributed by atoms with van der Waals surface area (Å²) in [5.41, 5.74) is 0.808. The highest BCUT2D eigenvalue weighted by Gasteiger charge is 2.30. The van der Waals surface area contributed by atoms with Crippen LogP contribution in [-0.2, 0) is 9.05 Å². The molecule has 1 aromatic heterocycles. The fourth-order valence-electron chi connectivity index (χ4n) is 1.64. The lowest BCUT2D eigenvalue weighted by Gasteiger charge is -1.94. The molecular weight excluding hydrogens is 250 g/mol. The van der Waals surface area contributed by atoms with Crippen LogP contribution in [0, 0.1) is 0 Å². The van der Waals surface area contributed by atoms with Crippen LogP contribution in [0.4, 0.5) is 0 Å². The Morgan fingerprint density at radius 1 is 1.38 bits per heavy atom. The quantitative estimate of drug-likeness (QED) is 0.776. The topological polar surface area (TPSA) is 60.2 Å². The van der Waals surface area contributed by atoms with Gasteiger partial charge in [-0.2, -0.15) is 0 Å². The van der Waals surface area contributed by atoms with Gasteiger partial charge in [-0.05, 0) is 25.0 Å². The predicted molar refractivity (Wildman–Crippen MR) is 59.0 cm³/mol. The molecule has 1 aliphatic rings. The number of benzene rings is 1. The van der Waals surface area contributed by atoms with Crippen LogP contribution in [-0.4, -0.2) is 13.4 Å². The molecule has 3 rings (SSSR count). The van der Waals surface area contributed by atoms with E-state index in [-0.39, 0.29) is 4.90 Å². The van der Waals surface area contributed by atoms with Crippen molar-refractivity contribution in [1.82, 2.24) is 4.98 Å². The minimum absolute atomic E-state index is 0.0160. The summed E-state index contributed by atoms with van der Waals surface area (Å²) in [6.07, 6.45) is 2.10. The number of rotatable bonds is 2. The second kappa shape index (κ2) is 3.21. The van der Waals surface area contributed by atoms with E-state index in [4.69, 9.17) is 15.1 Å². The molecule has 0 bridgehead atoms. The van der Waals surface area contributed by atoms with Crippen molar-refractivity contribution in [2.45, 2.75) is 23.7 Å². The first-order valence-corrected chi connectivity index (χ1v) is 7.21. The van der Waals surface area contributed by atoms with Crippen LogP contribution in [0.25, 0.3) is 11.1 Å². The number of hydrogen-bond acceptors (Lipinski definition) is 4. The fraction of sp³-hybridized carbons (Fsp3) is 0.300. The Labute approximate surface area is 96.6 Å². The maximum absolute atomic E-state index is 11.3. The number of oxazole rings is 1. The summed E-state index contributed by atoms with van der Waals surface area (Å²) in [5.74, 6) is 0.959. The summed E-state index contributed by atoms with van der Waals surface area (Å²) >= 11 is 0. The highest BCUT2D eigenvalue weighted by molar-refractivity contribution is 8.14. The molecule has 1 heterocycles. The van der Waals surface area contributed by atoms with E-state index in [0.717, 1.165) is 12.8 Å². The Morgan fingerprint density at radius 2 is 2.12 bits per heavy atom. The van der Waals surface area contributed by atoms with Crippen LogP contribution in [0.2, 0.25) is 0 Å². The SMILES string of the molecule is O=S(=O)(Cl)c1cccc2oc(C3CC3)nc12. The monoisotopic (exact) mass is 257 g/mol. The van der Waals surface area contributed by atoms with Gasteiger partial charge in [0.05, 0.1) is 0 Å². The minimum Gasteiger partial charge on any atom is -0.440 e. The molecule has 1 fully saturated rings. The smallest absolute Gasteiger partial charge is 0.263 e. The maximum Gasteiger partial charge on any atom is 0.263 e. The van der Waals surface area contributed by atoms with Crippen molar-refractivity contribution in [3.63, 3.8) is 0 Å². The third-order valence-corrected chi connectivity index (χ3v) is 3.94. The Kier molecular flexibility index (Phi) is 2.03. The van der Waals surface area contributed by atoms with E-state index < -0.39 is 9.05 Å². The first-order valence-electron chi connectivity index (χ1n) is 4.90. The Balaban J connectivity index is 2.29. The van der Waals surface area contributed by atoms with E-state index in [1.165, 1.54) is 6.07 Å². The van der Waals surface area contributed by atoms with Crippen molar-refractivity contribution in [1.29, 1.82) is 0 Å². The molecule has 2 aromatic rings. The van der Waals surface area contributed by atoms with E-state index >= 15 is 0 Å². The predicted octanol–water partition coefficient (Wildman–Crippen LogP) is 2.63. The summed E-state index contributed by atoms with van der Waals surface area (Å²) in [4.78, 5) is 4.23. The lowest BCUT2D eigenvalue weighted by atomic mass is 10.3. The van der Waals surface area contributed by atoms with Gasteiger partial charge in [-0.15, -0.1) is 0 Å². The zero-order valence-corrected chi connectivity index (χ0v) is 9.75. The normalized spacial score (nSPS) is 16.8. The Morgan fingerprint density at radius 3 is 2.75 bits per heavy atom. The zero-order chi connectivity index (χ0) is 11.3. The number of hydrogen-bond donors (Lipinski definition) is 0. The van der Waals surface area contributed by atoms with Crippen LogP contribution in [0.5, 0.6) is 0 Å². The molecule has 1 aliphatic carbocycles. The van der Waals surface area contributed by atoms with Crippen LogP contribution in [0.15, 0.2) is 27.5 Å². The van der Waals surface area contributed by atoms with Crippen molar-refractivity contribution in [2.75, 3.05) is 0 Å². The first-order chi connectivity index (χ1) is 7.55. The van der Waals surface area contributed by atoms with Gasteiger partial charge in [-0.3, -0.25) is 0 Å². The average molecular weight is 258 g/mol. The molecule has 4 nitrogen and oxygen atoms in total. The number of fused-ring (bicyclic) bond motifs is 1. The van der Waals surface area contributed by atoms with Gasteiger partial charge in [-0.25, -0.2) is 13.4 Å². The molecule has 84 valence electrons. The summed E-state index contributed by atoms with van der Waals surface area (Å²) < 4.78 is 28.1. The lowest BCUT2D eigenvalue weighted by Crippen LogP contribution is -1.91. The van der Waals surface area contributed by atoms with Crippen molar-refractivity contribution in [3.8, 4) is 0 Å². The largest absolute Gasteiger partial charge is 0.440 e. The molecule has 6 heteroatoms. The van der Waals surface area contributed by atoms with Crippen molar-refractivity contribution in [3.05, 3.63) is 24.1 Å². The zero-order valence-electron chi connectivity index (χ0n) is 8.18. The second-order valence-electron chi connectivity index (χ2n) is 3.87. The van der Waals surface area contributed by atoms with Gasteiger partial charge >= 0.3 is 0 Å². The van der Waals surface area contributed by atoms with Gasteiger partial charge in [0.2, 0.25) is 0 Å². The molecule has 0 aliphatic heterocycles. The molecule has 0 atom stereocenters. The van der Waals surface area contributed by atoms with E-state index in [1.807, 2.05) is 0 Å². The number of halogens is 1. The molecule has 0 amide bonds. The summed E-state index contributed by atoms with van der Waals surface area (Å²) in [6, 6.07) is 4.73. The van der Waals surface area contributed by atoms with Crippen LogP contribution < -0.4 is 0 Å². The Bertz CT molecular complexity index is 658. The van der Waals surface area contributed by atoms with E-state index in [2.05, 4.69) is 4.98 Å². The molecule has 1 aromatic carbocycles. The molecule has 0 spiro atoms. The number of para-hydroxylation sites is 1. The standard InChI is InChI=1S/C10H8ClNO3S/c11-16(13,14)8-3-1-2-7-9(8)12-10(15-7)6-4-5-6/h1-3,6H,4-5H2. The highest BCUT2D eigenvalue weighted by atomic mass is 35.7. The van der Waals surface area contributed by atoms with Gasteiger partial charge in [-0.1, -0.05) is 6.07 Å². The Hall–Kier alpha value is -1.07. The average Bonchev–Trinajstić information content (AvgIpc) is 2.95.